The van der Waals surface area contributed by atoms with Crippen molar-refractivity contribution in [2.45, 2.75) is 25.3 Å². The fraction of sp³-hybridized carbons (Fsp3) is 0.417. The van der Waals surface area contributed by atoms with Crippen LogP contribution in [0.5, 0.6) is 0 Å². The SMILES string of the molecule is NC(CC1CC1)C(=O)Nc1ccc(F)c(F)c1F. The molecule has 0 heterocycles. The van der Waals surface area contributed by atoms with Crippen LogP contribution in [-0.2, 0) is 4.79 Å². The van der Waals surface area contributed by atoms with Crippen molar-refractivity contribution in [2.24, 2.45) is 11.7 Å². The van der Waals surface area contributed by atoms with E-state index in [9.17, 15) is 18.0 Å². The largest absolute Gasteiger partial charge is 0.322 e. The maximum atomic E-state index is 13.3. The van der Waals surface area contributed by atoms with Crippen molar-refractivity contribution >= 4 is 11.6 Å². The third kappa shape index (κ3) is 2.81. The highest BCUT2D eigenvalue weighted by atomic mass is 19.2. The zero-order chi connectivity index (χ0) is 13.3. The average molecular weight is 258 g/mol. The van der Waals surface area contributed by atoms with Crippen molar-refractivity contribution in [1.82, 2.24) is 0 Å². The molecule has 1 aliphatic rings. The number of nitrogens with one attached hydrogen (secondary N) is 1. The van der Waals surface area contributed by atoms with E-state index in [1.54, 1.807) is 0 Å². The van der Waals surface area contributed by atoms with E-state index in [2.05, 4.69) is 5.32 Å². The van der Waals surface area contributed by atoms with Gasteiger partial charge in [0, 0.05) is 0 Å². The standard InChI is InChI=1S/C12H13F3N2O/c13-7-3-4-9(11(15)10(7)14)17-12(18)8(16)5-6-1-2-6/h3-4,6,8H,1-2,5,16H2,(H,17,18). The second-order valence-electron chi connectivity index (χ2n) is 4.50. The minimum absolute atomic E-state index is 0.398. The van der Waals surface area contributed by atoms with Crippen molar-refractivity contribution in [2.75, 3.05) is 5.32 Å². The van der Waals surface area contributed by atoms with Crippen LogP contribution in [0.25, 0.3) is 0 Å². The van der Waals surface area contributed by atoms with Crippen molar-refractivity contribution in [3.05, 3.63) is 29.6 Å². The summed E-state index contributed by atoms with van der Waals surface area (Å²) in [4.78, 5) is 11.6. The molecule has 1 fully saturated rings. The molecular weight excluding hydrogens is 245 g/mol. The van der Waals surface area contributed by atoms with Crippen LogP contribution in [0, 0.1) is 23.4 Å². The zero-order valence-corrected chi connectivity index (χ0v) is 9.55. The second-order valence-corrected chi connectivity index (χ2v) is 4.50. The van der Waals surface area contributed by atoms with E-state index in [-0.39, 0.29) is 0 Å². The molecule has 0 spiro atoms. The Bertz CT molecular complexity index is 475. The minimum Gasteiger partial charge on any atom is -0.322 e. The van der Waals surface area contributed by atoms with Gasteiger partial charge in [0.15, 0.2) is 17.5 Å². The van der Waals surface area contributed by atoms with Gasteiger partial charge in [0.1, 0.15) is 0 Å². The van der Waals surface area contributed by atoms with Crippen LogP contribution in [0.4, 0.5) is 18.9 Å². The van der Waals surface area contributed by atoms with E-state index >= 15 is 0 Å². The summed E-state index contributed by atoms with van der Waals surface area (Å²) < 4.78 is 38.9. The molecule has 1 amide bonds. The van der Waals surface area contributed by atoms with E-state index < -0.39 is 35.1 Å². The quantitative estimate of drug-likeness (QED) is 0.813. The molecule has 0 saturated heterocycles. The molecule has 1 aliphatic carbocycles. The van der Waals surface area contributed by atoms with Crippen LogP contribution < -0.4 is 11.1 Å². The Hall–Kier alpha value is -1.56. The lowest BCUT2D eigenvalue weighted by Gasteiger charge is -2.12. The van der Waals surface area contributed by atoms with Crippen LogP contribution in [0.15, 0.2) is 12.1 Å². The highest BCUT2D eigenvalue weighted by Gasteiger charge is 2.27. The van der Waals surface area contributed by atoms with Gasteiger partial charge in [0.25, 0.3) is 0 Å². The Morgan fingerprint density at radius 2 is 2.00 bits per heavy atom. The van der Waals surface area contributed by atoms with E-state index in [0.29, 0.717) is 12.3 Å². The van der Waals surface area contributed by atoms with Crippen LogP contribution in [-0.4, -0.2) is 11.9 Å². The first-order chi connectivity index (χ1) is 8.49. The van der Waals surface area contributed by atoms with Gasteiger partial charge in [-0.1, -0.05) is 12.8 Å². The fourth-order valence-electron chi connectivity index (χ4n) is 1.67. The molecule has 1 saturated carbocycles. The number of rotatable bonds is 4. The van der Waals surface area contributed by atoms with Crippen molar-refractivity contribution in [3.63, 3.8) is 0 Å². The number of hydrogen-bond acceptors (Lipinski definition) is 2. The number of carbonyl (C=O) groups is 1. The molecule has 3 N–H and O–H groups in total. The molecule has 0 bridgehead atoms. The molecule has 98 valence electrons. The van der Waals surface area contributed by atoms with Crippen molar-refractivity contribution in [1.29, 1.82) is 0 Å². The maximum Gasteiger partial charge on any atom is 0.241 e. The molecule has 1 atom stereocenters. The van der Waals surface area contributed by atoms with Crippen molar-refractivity contribution < 1.29 is 18.0 Å². The van der Waals surface area contributed by atoms with Crippen molar-refractivity contribution in [3.8, 4) is 0 Å². The van der Waals surface area contributed by atoms with E-state index in [1.807, 2.05) is 0 Å². The van der Waals surface area contributed by atoms with Gasteiger partial charge < -0.3 is 11.1 Å². The number of halogens is 3. The van der Waals surface area contributed by atoms with Crippen LogP contribution in [0.3, 0.4) is 0 Å². The molecule has 1 aromatic rings. The smallest absolute Gasteiger partial charge is 0.241 e. The Kier molecular flexibility index (Phi) is 3.56. The average Bonchev–Trinajstić information content (AvgIpc) is 3.13. The molecule has 0 aromatic heterocycles. The van der Waals surface area contributed by atoms with Gasteiger partial charge >= 0.3 is 0 Å². The van der Waals surface area contributed by atoms with Gasteiger partial charge in [0.2, 0.25) is 5.91 Å². The predicted molar refractivity (Wildman–Crippen MR) is 60.3 cm³/mol. The fourth-order valence-corrected chi connectivity index (χ4v) is 1.67. The molecule has 0 aliphatic heterocycles. The lowest BCUT2D eigenvalue weighted by atomic mass is 10.1. The summed E-state index contributed by atoms with van der Waals surface area (Å²) in [5.74, 6) is -4.47. The topological polar surface area (TPSA) is 55.1 Å². The van der Waals surface area contributed by atoms with Gasteiger partial charge in [-0.2, -0.15) is 0 Å². The van der Waals surface area contributed by atoms with Crippen LogP contribution in [0.1, 0.15) is 19.3 Å². The Balaban J connectivity index is 2.04. The van der Waals surface area contributed by atoms with Gasteiger partial charge in [-0.15, -0.1) is 0 Å². The lowest BCUT2D eigenvalue weighted by molar-refractivity contribution is -0.117. The molecule has 1 aromatic carbocycles. The molecule has 3 nitrogen and oxygen atoms in total. The van der Waals surface area contributed by atoms with Gasteiger partial charge in [0.05, 0.1) is 11.7 Å². The van der Waals surface area contributed by atoms with E-state index in [0.717, 1.165) is 25.0 Å². The van der Waals surface area contributed by atoms with Crippen LogP contribution in [0.2, 0.25) is 0 Å². The number of nitrogens with two attached hydrogens (primary N) is 1. The third-order valence-electron chi connectivity index (χ3n) is 2.91. The van der Waals surface area contributed by atoms with E-state index in [4.69, 9.17) is 5.73 Å². The summed E-state index contributed by atoms with van der Waals surface area (Å²) in [6.07, 6.45) is 2.61. The monoisotopic (exact) mass is 258 g/mol. The molecule has 2 rings (SSSR count). The molecular formula is C12H13F3N2O. The second kappa shape index (κ2) is 4.97. The lowest BCUT2D eigenvalue weighted by Crippen LogP contribution is -2.36. The Morgan fingerprint density at radius 1 is 1.33 bits per heavy atom. The maximum absolute atomic E-state index is 13.3. The van der Waals surface area contributed by atoms with Gasteiger partial charge in [-0.3, -0.25) is 4.79 Å². The van der Waals surface area contributed by atoms with Gasteiger partial charge in [-0.05, 0) is 24.5 Å². The highest BCUT2D eigenvalue weighted by Crippen LogP contribution is 2.33. The summed E-state index contributed by atoms with van der Waals surface area (Å²) >= 11 is 0. The first kappa shape index (κ1) is 12.9. The third-order valence-corrected chi connectivity index (χ3v) is 2.91. The number of amides is 1. The van der Waals surface area contributed by atoms with Gasteiger partial charge in [-0.25, -0.2) is 13.2 Å². The normalized spacial score (nSPS) is 16.4. The summed E-state index contributed by atoms with van der Waals surface area (Å²) in [6, 6.07) is 0.959. The van der Waals surface area contributed by atoms with E-state index in [1.165, 1.54) is 0 Å². The first-order valence-electron chi connectivity index (χ1n) is 5.69. The Labute approximate surface area is 102 Å². The zero-order valence-electron chi connectivity index (χ0n) is 9.55. The number of hydrogen-bond donors (Lipinski definition) is 2. The summed E-state index contributed by atoms with van der Waals surface area (Å²) in [5.41, 5.74) is 5.22. The summed E-state index contributed by atoms with van der Waals surface area (Å²) in [7, 11) is 0. The Morgan fingerprint density at radius 3 is 2.61 bits per heavy atom. The first-order valence-corrected chi connectivity index (χ1v) is 5.69. The number of anilines is 1. The number of benzene rings is 1. The van der Waals surface area contributed by atoms with Crippen LogP contribution >= 0.6 is 0 Å². The molecule has 1 unspecified atom stereocenters. The predicted octanol–water partition coefficient (Wildman–Crippen LogP) is 2.17. The highest BCUT2D eigenvalue weighted by molar-refractivity contribution is 5.94. The summed E-state index contributed by atoms with van der Waals surface area (Å²) in [5, 5.41) is 2.17. The minimum atomic E-state index is -1.61. The molecule has 0 radical (unpaired) electrons. The molecule has 18 heavy (non-hydrogen) atoms. The molecule has 6 heteroatoms. The number of carbonyl (C=O) groups excluding carboxylic acids is 1. The summed E-state index contributed by atoms with van der Waals surface area (Å²) in [6.45, 7) is 0.